The molecule has 94 valence electrons. The second-order valence-corrected chi connectivity index (χ2v) is 4.56. The molecule has 1 atom stereocenters. The molecule has 0 bridgehead atoms. The van der Waals surface area contributed by atoms with Crippen molar-refractivity contribution in [2.75, 3.05) is 0 Å². The first-order valence-electron chi connectivity index (χ1n) is 4.81. The average Bonchev–Trinajstić information content (AvgIpc) is 2.18. The molecule has 1 rings (SSSR count). The number of aliphatic carboxylic acids is 1. The number of halogens is 4. The summed E-state index contributed by atoms with van der Waals surface area (Å²) in [7, 11) is 0. The van der Waals surface area contributed by atoms with Crippen molar-refractivity contribution in [3.05, 3.63) is 33.8 Å². The van der Waals surface area contributed by atoms with Crippen LogP contribution in [0.25, 0.3) is 0 Å². The summed E-state index contributed by atoms with van der Waals surface area (Å²) in [5.41, 5.74) is -0.810. The lowest BCUT2D eigenvalue weighted by molar-refractivity contribution is -0.142. The fourth-order valence-electron chi connectivity index (χ4n) is 1.43. The fourth-order valence-corrected chi connectivity index (χ4v) is 1.95. The third kappa shape index (κ3) is 3.46. The Morgan fingerprint density at radius 3 is 2.53 bits per heavy atom. The largest absolute Gasteiger partial charge is 0.481 e. The molecule has 0 aliphatic heterocycles. The van der Waals surface area contributed by atoms with Gasteiger partial charge in [-0.3, -0.25) is 4.79 Å². The van der Waals surface area contributed by atoms with Gasteiger partial charge in [0.1, 0.15) is 0 Å². The van der Waals surface area contributed by atoms with Gasteiger partial charge >= 0.3 is 12.1 Å². The van der Waals surface area contributed by atoms with Gasteiger partial charge in [0, 0.05) is 4.47 Å². The van der Waals surface area contributed by atoms with Crippen LogP contribution in [0.1, 0.15) is 18.1 Å². The van der Waals surface area contributed by atoms with E-state index in [2.05, 4.69) is 15.9 Å². The topological polar surface area (TPSA) is 37.3 Å². The van der Waals surface area contributed by atoms with Crippen molar-refractivity contribution >= 4 is 21.9 Å². The molecule has 1 aromatic carbocycles. The van der Waals surface area contributed by atoms with E-state index in [0.717, 1.165) is 6.07 Å². The van der Waals surface area contributed by atoms with Crippen LogP contribution in [0.3, 0.4) is 0 Å². The smallest absolute Gasteiger partial charge is 0.416 e. The molecule has 0 aromatic heterocycles. The first kappa shape index (κ1) is 14.0. The van der Waals surface area contributed by atoms with Gasteiger partial charge in [0.25, 0.3) is 0 Å². The number of carboxylic acid groups (broad SMARTS) is 1. The van der Waals surface area contributed by atoms with Crippen molar-refractivity contribution in [3.63, 3.8) is 0 Å². The number of hydrogen-bond acceptors (Lipinski definition) is 1. The van der Waals surface area contributed by atoms with E-state index in [9.17, 15) is 18.0 Å². The summed E-state index contributed by atoms with van der Waals surface area (Å²) in [6.45, 7) is 1.38. The van der Waals surface area contributed by atoms with E-state index < -0.39 is 23.6 Å². The minimum atomic E-state index is -4.47. The van der Waals surface area contributed by atoms with Crippen molar-refractivity contribution in [1.82, 2.24) is 0 Å². The third-order valence-electron chi connectivity index (χ3n) is 2.36. The van der Waals surface area contributed by atoms with Crippen molar-refractivity contribution in [1.29, 1.82) is 0 Å². The molecule has 17 heavy (non-hydrogen) atoms. The Bertz CT molecular complexity index is 429. The van der Waals surface area contributed by atoms with Crippen molar-refractivity contribution in [3.8, 4) is 0 Å². The first-order chi connectivity index (χ1) is 7.73. The van der Waals surface area contributed by atoms with Gasteiger partial charge in [-0.15, -0.1) is 0 Å². The lowest BCUT2D eigenvalue weighted by Crippen LogP contribution is -2.17. The van der Waals surface area contributed by atoms with Crippen molar-refractivity contribution < 1.29 is 23.1 Å². The molecule has 0 aliphatic carbocycles. The Kier molecular flexibility index (Phi) is 4.19. The third-order valence-corrected chi connectivity index (χ3v) is 3.10. The molecule has 0 saturated carbocycles. The molecule has 0 radical (unpaired) electrons. The maximum absolute atomic E-state index is 12.7. The maximum atomic E-state index is 12.7. The highest BCUT2D eigenvalue weighted by atomic mass is 79.9. The molecule has 2 nitrogen and oxygen atoms in total. The van der Waals surface area contributed by atoms with Gasteiger partial charge in [-0.1, -0.05) is 28.9 Å². The van der Waals surface area contributed by atoms with Gasteiger partial charge in [0.15, 0.2) is 0 Å². The molecule has 0 amide bonds. The van der Waals surface area contributed by atoms with Crippen LogP contribution in [0, 0.1) is 5.92 Å². The van der Waals surface area contributed by atoms with Crippen LogP contribution in [-0.2, 0) is 17.4 Å². The number of hydrogen-bond donors (Lipinski definition) is 1. The summed E-state index contributed by atoms with van der Waals surface area (Å²) in [4.78, 5) is 10.7. The van der Waals surface area contributed by atoms with Gasteiger partial charge in [0.2, 0.25) is 0 Å². The van der Waals surface area contributed by atoms with Crippen LogP contribution < -0.4 is 0 Å². The van der Waals surface area contributed by atoms with E-state index in [1.54, 1.807) is 0 Å². The fraction of sp³-hybridized carbons (Fsp3) is 0.364. The molecule has 0 heterocycles. The van der Waals surface area contributed by atoms with Gasteiger partial charge in [-0.05, 0) is 24.1 Å². The summed E-state index contributed by atoms with van der Waals surface area (Å²) < 4.78 is 38.4. The van der Waals surface area contributed by atoms with Gasteiger partial charge in [-0.25, -0.2) is 0 Å². The summed E-state index contributed by atoms with van der Waals surface area (Å²) in [6.07, 6.45) is -4.64. The van der Waals surface area contributed by atoms with E-state index >= 15 is 0 Å². The van der Waals surface area contributed by atoms with Gasteiger partial charge in [-0.2, -0.15) is 13.2 Å². The number of benzene rings is 1. The predicted octanol–water partition coefficient (Wildman–Crippen LogP) is 3.73. The van der Waals surface area contributed by atoms with Crippen molar-refractivity contribution in [2.24, 2.45) is 5.92 Å². The van der Waals surface area contributed by atoms with E-state index in [1.165, 1.54) is 19.1 Å². The Balaban J connectivity index is 3.17. The monoisotopic (exact) mass is 310 g/mol. The molecule has 6 heteroatoms. The van der Waals surface area contributed by atoms with Crippen molar-refractivity contribution in [2.45, 2.75) is 19.5 Å². The summed E-state index contributed by atoms with van der Waals surface area (Å²) >= 11 is 3.02. The lowest BCUT2D eigenvalue weighted by Gasteiger charge is -2.16. The zero-order valence-corrected chi connectivity index (χ0v) is 10.5. The lowest BCUT2D eigenvalue weighted by atomic mass is 9.96. The number of carboxylic acids is 1. The molecule has 0 fully saturated rings. The van der Waals surface area contributed by atoms with Crippen LogP contribution in [0.4, 0.5) is 13.2 Å². The molecular formula is C11H10BrF3O2. The minimum Gasteiger partial charge on any atom is -0.481 e. The van der Waals surface area contributed by atoms with Crippen LogP contribution in [0.2, 0.25) is 0 Å². The van der Waals surface area contributed by atoms with Crippen LogP contribution in [0.5, 0.6) is 0 Å². The zero-order valence-electron chi connectivity index (χ0n) is 8.88. The Morgan fingerprint density at radius 1 is 1.47 bits per heavy atom. The number of carbonyl (C=O) groups is 1. The van der Waals surface area contributed by atoms with Crippen LogP contribution in [-0.4, -0.2) is 11.1 Å². The zero-order chi connectivity index (χ0) is 13.2. The highest BCUT2D eigenvalue weighted by Gasteiger charge is 2.34. The highest BCUT2D eigenvalue weighted by molar-refractivity contribution is 9.10. The summed E-state index contributed by atoms with van der Waals surface area (Å²) in [5.74, 6) is -1.98. The molecule has 0 saturated heterocycles. The minimum absolute atomic E-state index is 0.0186. The van der Waals surface area contributed by atoms with E-state index in [4.69, 9.17) is 5.11 Å². The van der Waals surface area contributed by atoms with E-state index in [-0.39, 0.29) is 16.5 Å². The first-order valence-corrected chi connectivity index (χ1v) is 5.60. The molecular weight excluding hydrogens is 301 g/mol. The second-order valence-electron chi connectivity index (χ2n) is 3.71. The highest BCUT2D eigenvalue weighted by Crippen LogP contribution is 2.36. The Hall–Kier alpha value is -1.04. The summed E-state index contributed by atoms with van der Waals surface area (Å²) in [5, 5.41) is 8.73. The van der Waals surface area contributed by atoms with E-state index in [0.29, 0.717) is 0 Å². The SMILES string of the molecule is CC(Cc1c(Br)cccc1C(F)(F)F)C(=O)O. The standard InChI is InChI=1S/C11H10BrF3O2/c1-6(10(16)17)5-7-8(11(13,14)15)3-2-4-9(7)12/h2-4,6H,5H2,1H3,(H,16,17). The molecule has 0 spiro atoms. The maximum Gasteiger partial charge on any atom is 0.416 e. The van der Waals surface area contributed by atoms with Gasteiger partial charge in [0.05, 0.1) is 11.5 Å². The predicted molar refractivity (Wildman–Crippen MR) is 59.6 cm³/mol. The summed E-state index contributed by atoms with van der Waals surface area (Å²) in [6, 6.07) is 3.70. The quantitative estimate of drug-likeness (QED) is 0.923. The van der Waals surface area contributed by atoms with Crippen LogP contribution in [0.15, 0.2) is 22.7 Å². The molecule has 1 unspecified atom stereocenters. The van der Waals surface area contributed by atoms with E-state index in [1.807, 2.05) is 0 Å². The average molecular weight is 311 g/mol. The van der Waals surface area contributed by atoms with Gasteiger partial charge < -0.3 is 5.11 Å². The molecule has 1 aromatic rings. The number of rotatable bonds is 3. The van der Waals surface area contributed by atoms with Crippen LogP contribution >= 0.6 is 15.9 Å². The Morgan fingerprint density at radius 2 is 2.06 bits per heavy atom. The normalized spacial score (nSPS) is 13.5. The number of alkyl halides is 3. The molecule has 1 N–H and O–H groups in total. The second kappa shape index (κ2) is 5.08. The molecule has 0 aliphatic rings. The Labute approximate surface area is 105 Å².